The molecule has 1 atom stereocenters. The van der Waals surface area contributed by atoms with Crippen LogP contribution < -0.4 is 10.5 Å². The van der Waals surface area contributed by atoms with E-state index in [0.29, 0.717) is 17.5 Å². The lowest BCUT2D eigenvalue weighted by Crippen LogP contribution is -2.24. The van der Waals surface area contributed by atoms with Crippen LogP contribution in [0, 0.1) is 12.8 Å². The number of hydrogen-bond donors (Lipinski definition) is 1. The van der Waals surface area contributed by atoms with E-state index in [1.54, 1.807) is 0 Å². The van der Waals surface area contributed by atoms with Crippen LogP contribution in [-0.2, 0) is 0 Å². The van der Waals surface area contributed by atoms with Crippen molar-refractivity contribution in [3.63, 3.8) is 0 Å². The fraction of sp³-hybridized carbons (Fsp3) is 0.500. The van der Waals surface area contributed by atoms with Crippen LogP contribution >= 0.6 is 23.8 Å². The Morgan fingerprint density at radius 1 is 1.39 bits per heavy atom. The lowest BCUT2D eigenvalue weighted by molar-refractivity contribution is 0.291. The molecule has 0 spiro atoms. The third kappa shape index (κ3) is 3.85. The molecule has 0 saturated heterocycles. The predicted octanol–water partition coefficient (Wildman–Crippen LogP) is 4.07. The average Bonchev–Trinajstić information content (AvgIpc) is 2.26. The molecule has 0 amide bonds. The van der Waals surface area contributed by atoms with Crippen LogP contribution in [0.3, 0.4) is 0 Å². The highest BCUT2D eigenvalue weighted by molar-refractivity contribution is 7.80. The second-order valence-electron chi connectivity index (χ2n) is 4.91. The highest BCUT2D eigenvalue weighted by atomic mass is 35.5. The molecule has 1 aromatic carbocycles. The van der Waals surface area contributed by atoms with Crippen LogP contribution in [0.15, 0.2) is 12.1 Å². The van der Waals surface area contributed by atoms with E-state index in [2.05, 4.69) is 13.8 Å². The summed E-state index contributed by atoms with van der Waals surface area (Å²) in [5.41, 5.74) is 7.70. The van der Waals surface area contributed by atoms with E-state index in [9.17, 15) is 0 Å². The molecule has 0 saturated carbocycles. The van der Waals surface area contributed by atoms with Gasteiger partial charge in [0, 0.05) is 10.9 Å². The number of thiocarbonyl (C=S) groups is 1. The molecule has 0 aliphatic heterocycles. The summed E-state index contributed by atoms with van der Waals surface area (Å²) in [4.78, 5) is 0.477. The Labute approximate surface area is 119 Å². The summed E-state index contributed by atoms with van der Waals surface area (Å²) in [7, 11) is 0. The van der Waals surface area contributed by atoms with Gasteiger partial charge in [-0.15, -0.1) is 0 Å². The van der Waals surface area contributed by atoms with E-state index in [4.69, 9.17) is 34.3 Å². The first-order chi connectivity index (χ1) is 8.32. The minimum atomic E-state index is 0.0672. The smallest absolute Gasteiger partial charge is 0.122 e. The van der Waals surface area contributed by atoms with Crippen molar-refractivity contribution in [2.75, 3.05) is 6.61 Å². The maximum absolute atomic E-state index is 6.21. The number of aryl methyl sites for hydroxylation is 1. The molecule has 4 heteroatoms. The van der Waals surface area contributed by atoms with E-state index in [-0.39, 0.29) is 5.92 Å². The van der Waals surface area contributed by atoms with Crippen molar-refractivity contribution < 1.29 is 4.74 Å². The van der Waals surface area contributed by atoms with Crippen molar-refractivity contribution in [2.24, 2.45) is 11.7 Å². The summed E-state index contributed by atoms with van der Waals surface area (Å²) in [5.74, 6) is 1.29. The second kappa shape index (κ2) is 6.39. The number of rotatable bonds is 5. The van der Waals surface area contributed by atoms with Gasteiger partial charge >= 0.3 is 0 Å². The van der Waals surface area contributed by atoms with Crippen LogP contribution in [0.25, 0.3) is 0 Å². The minimum Gasteiger partial charge on any atom is -0.493 e. The molecule has 1 rings (SSSR count). The van der Waals surface area contributed by atoms with Gasteiger partial charge in [-0.3, -0.25) is 0 Å². The fourth-order valence-corrected chi connectivity index (χ4v) is 2.07. The molecule has 0 fully saturated rings. The topological polar surface area (TPSA) is 35.2 Å². The normalized spacial score (nSPS) is 12.6. The first-order valence-electron chi connectivity index (χ1n) is 6.05. The molecule has 2 N–H and O–H groups in total. The third-order valence-electron chi connectivity index (χ3n) is 2.89. The maximum Gasteiger partial charge on any atom is 0.122 e. The zero-order chi connectivity index (χ0) is 13.9. The van der Waals surface area contributed by atoms with Crippen LogP contribution in [0.4, 0.5) is 0 Å². The van der Waals surface area contributed by atoms with Gasteiger partial charge in [0.25, 0.3) is 0 Å². The highest BCUT2D eigenvalue weighted by Gasteiger charge is 2.12. The Morgan fingerprint density at radius 3 is 2.50 bits per heavy atom. The molecule has 0 aromatic heterocycles. The molecule has 0 bridgehead atoms. The van der Waals surface area contributed by atoms with Gasteiger partial charge in [0.15, 0.2) is 0 Å². The number of benzene rings is 1. The van der Waals surface area contributed by atoms with Crippen LogP contribution in [0.1, 0.15) is 37.8 Å². The lowest BCUT2D eigenvalue weighted by Gasteiger charge is -2.16. The van der Waals surface area contributed by atoms with E-state index < -0.39 is 0 Å². The Bertz CT molecular complexity index is 446. The average molecular weight is 286 g/mol. The summed E-state index contributed by atoms with van der Waals surface area (Å²) in [6.45, 7) is 8.65. The third-order valence-corrected chi connectivity index (χ3v) is 3.62. The SMILES string of the molecule is Cc1cc(Cl)c(C(C)C)cc1OCC(C)C(N)=S. The Morgan fingerprint density at radius 2 is 2.00 bits per heavy atom. The zero-order valence-electron chi connectivity index (χ0n) is 11.3. The lowest BCUT2D eigenvalue weighted by atomic mass is 10.0. The monoisotopic (exact) mass is 285 g/mol. The molecule has 1 aromatic rings. The van der Waals surface area contributed by atoms with E-state index in [1.807, 2.05) is 26.0 Å². The Kier molecular flexibility index (Phi) is 5.42. The maximum atomic E-state index is 6.21. The first kappa shape index (κ1) is 15.3. The molecular weight excluding hydrogens is 266 g/mol. The summed E-state index contributed by atoms with van der Waals surface area (Å²) in [5, 5.41) is 0.789. The molecule has 18 heavy (non-hydrogen) atoms. The van der Waals surface area contributed by atoms with Crippen molar-refractivity contribution >= 4 is 28.8 Å². The van der Waals surface area contributed by atoms with Gasteiger partial charge in [0.2, 0.25) is 0 Å². The molecule has 0 aliphatic rings. The number of halogens is 1. The van der Waals surface area contributed by atoms with E-state index in [0.717, 1.165) is 21.9 Å². The largest absolute Gasteiger partial charge is 0.493 e. The number of hydrogen-bond acceptors (Lipinski definition) is 2. The van der Waals surface area contributed by atoms with Gasteiger partial charge in [-0.25, -0.2) is 0 Å². The van der Waals surface area contributed by atoms with E-state index >= 15 is 0 Å². The van der Waals surface area contributed by atoms with Crippen molar-refractivity contribution in [1.82, 2.24) is 0 Å². The van der Waals surface area contributed by atoms with E-state index in [1.165, 1.54) is 0 Å². The first-order valence-corrected chi connectivity index (χ1v) is 6.83. The molecule has 100 valence electrons. The summed E-state index contributed by atoms with van der Waals surface area (Å²) < 4.78 is 5.78. The molecule has 1 unspecified atom stereocenters. The second-order valence-corrected chi connectivity index (χ2v) is 5.79. The molecule has 0 aliphatic carbocycles. The van der Waals surface area contributed by atoms with Gasteiger partial charge in [-0.1, -0.05) is 44.6 Å². The predicted molar refractivity (Wildman–Crippen MR) is 81.7 cm³/mol. The summed E-state index contributed by atoms with van der Waals surface area (Å²) >= 11 is 11.1. The molecule has 0 radical (unpaired) electrons. The van der Waals surface area contributed by atoms with Crippen molar-refractivity contribution in [3.8, 4) is 5.75 Å². The zero-order valence-corrected chi connectivity index (χ0v) is 12.9. The van der Waals surface area contributed by atoms with Crippen LogP contribution in [0.2, 0.25) is 5.02 Å². The van der Waals surface area contributed by atoms with Crippen molar-refractivity contribution in [1.29, 1.82) is 0 Å². The molecule has 2 nitrogen and oxygen atoms in total. The number of ether oxygens (including phenoxy) is 1. The van der Waals surface area contributed by atoms with Gasteiger partial charge in [-0.05, 0) is 36.1 Å². The molecular formula is C14H20ClNOS. The van der Waals surface area contributed by atoms with Gasteiger partial charge in [0.05, 0.1) is 11.6 Å². The van der Waals surface area contributed by atoms with Gasteiger partial charge < -0.3 is 10.5 Å². The van der Waals surface area contributed by atoms with Crippen LogP contribution in [0.5, 0.6) is 5.75 Å². The van der Waals surface area contributed by atoms with Crippen LogP contribution in [-0.4, -0.2) is 11.6 Å². The Balaban J connectivity index is 2.89. The number of nitrogens with two attached hydrogens (primary N) is 1. The summed E-state index contributed by atoms with van der Waals surface area (Å²) in [6.07, 6.45) is 0. The summed E-state index contributed by atoms with van der Waals surface area (Å²) in [6, 6.07) is 3.95. The quantitative estimate of drug-likeness (QED) is 0.828. The van der Waals surface area contributed by atoms with Crippen molar-refractivity contribution in [2.45, 2.75) is 33.6 Å². The van der Waals surface area contributed by atoms with Gasteiger partial charge in [-0.2, -0.15) is 0 Å². The Hall–Kier alpha value is -0.800. The van der Waals surface area contributed by atoms with Gasteiger partial charge in [0.1, 0.15) is 5.75 Å². The highest BCUT2D eigenvalue weighted by Crippen LogP contribution is 2.31. The minimum absolute atomic E-state index is 0.0672. The standard InChI is InChI=1S/C14H20ClNOS/c1-8(2)11-6-13(9(3)5-12(11)15)17-7-10(4)14(16)18/h5-6,8,10H,7H2,1-4H3,(H2,16,18). The fourth-order valence-electron chi connectivity index (χ4n) is 1.56. The van der Waals surface area contributed by atoms with Crippen molar-refractivity contribution in [3.05, 3.63) is 28.3 Å². The molecule has 0 heterocycles.